The molecular formula is C18H20N2O. The van der Waals surface area contributed by atoms with Gasteiger partial charge in [-0.3, -0.25) is 4.79 Å². The maximum absolute atomic E-state index is 12.8. The molecule has 1 aliphatic rings. The van der Waals surface area contributed by atoms with Crippen LogP contribution in [0.1, 0.15) is 34.3 Å². The highest BCUT2D eigenvalue weighted by Crippen LogP contribution is 2.30. The molecule has 0 bridgehead atoms. The molecule has 3 rings (SSSR count). The molecule has 1 saturated carbocycles. The zero-order valence-electron chi connectivity index (χ0n) is 12.3. The summed E-state index contributed by atoms with van der Waals surface area (Å²) in [6.07, 6.45) is 2.21. The Hall–Kier alpha value is -2.29. The van der Waals surface area contributed by atoms with Gasteiger partial charge >= 0.3 is 0 Å². The normalized spacial score (nSPS) is 14.0. The molecule has 3 heteroatoms. The van der Waals surface area contributed by atoms with Crippen LogP contribution in [0, 0.1) is 6.92 Å². The van der Waals surface area contributed by atoms with Crippen molar-refractivity contribution in [1.82, 2.24) is 4.90 Å². The van der Waals surface area contributed by atoms with E-state index in [1.54, 1.807) is 6.07 Å². The number of aryl methyl sites for hydroxylation is 1. The van der Waals surface area contributed by atoms with Crippen molar-refractivity contribution in [2.45, 2.75) is 32.4 Å². The number of amides is 1. The molecule has 0 spiro atoms. The molecule has 0 saturated heterocycles. The third-order valence-corrected chi connectivity index (χ3v) is 3.93. The molecule has 21 heavy (non-hydrogen) atoms. The first-order valence-electron chi connectivity index (χ1n) is 7.36. The lowest BCUT2D eigenvalue weighted by Crippen LogP contribution is -2.33. The molecule has 108 valence electrons. The van der Waals surface area contributed by atoms with E-state index in [0.717, 1.165) is 24.0 Å². The number of benzene rings is 2. The van der Waals surface area contributed by atoms with Crippen molar-refractivity contribution < 1.29 is 4.79 Å². The fourth-order valence-corrected chi connectivity index (χ4v) is 2.61. The Kier molecular flexibility index (Phi) is 3.65. The second kappa shape index (κ2) is 5.60. The molecule has 0 heterocycles. The first-order chi connectivity index (χ1) is 10.1. The summed E-state index contributed by atoms with van der Waals surface area (Å²) in [6.45, 7) is 2.62. The zero-order chi connectivity index (χ0) is 14.8. The Morgan fingerprint density at radius 2 is 1.90 bits per heavy atom. The van der Waals surface area contributed by atoms with Crippen LogP contribution in [-0.2, 0) is 6.54 Å². The van der Waals surface area contributed by atoms with E-state index in [9.17, 15) is 4.79 Å². The lowest BCUT2D eigenvalue weighted by Gasteiger charge is -2.23. The summed E-state index contributed by atoms with van der Waals surface area (Å²) < 4.78 is 0. The summed E-state index contributed by atoms with van der Waals surface area (Å²) in [5.41, 5.74) is 9.35. The highest BCUT2D eigenvalue weighted by Gasteiger charge is 2.33. The molecule has 1 amide bonds. The third-order valence-electron chi connectivity index (χ3n) is 3.93. The lowest BCUT2D eigenvalue weighted by atomic mass is 10.1. The van der Waals surface area contributed by atoms with Gasteiger partial charge in [-0.05, 0) is 49.1 Å². The average molecular weight is 280 g/mol. The van der Waals surface area contributed by atoms with Crippen LogP contribution in [0.15, 0.2) is 48.5 Å². The van der Waals surface area contributed by atoms with Crippen molar-refractivity contribution in [3.8, 4) is 0 Å². The molecule has 0 aromatic heterocycles. The van der Waals surface area contributed by atoms with Gasteiger partial charge in [0.15, 0.2) is 0 Å². The number of anilines is 1. The molecule has 0 aliphatic heterocycles. The fourth-order valence-electron chi connectivity index (χ4n) is 2.61. The Bertz CT molecular complexity index is 648. The molecule has 1 aliphatic carbocycles. The number of nitrogens with two attached hydrogens (primary N) is 1. The van der Waals surface area contributed by atoms with Crippen LogP contribution in [0.3, 0.4) is 0 Å². The van der Waals surface area contributed by atoms with E-state index in [4.69, 9.17) is 5.73 Å². The maximum atomic E-state index is 12.8. The first-order valence-corrected chi connectivity index (χ1v) is 7.36. The SMILES string of the molecule is Cc1cc(N)ccc1C(=O)N(Cc1ccccc1)C1CC1. The van der Waals surface area contributed by atoms with E-state index in [1.165, 1.54) is 5.56 Å². The van der Waals surface area contributed by atoms with Crippen LogP contribution >= 0.6 is 0 Å². The molecule has 2 aromatic carbocycles. The minimum absolute atomic E-state index is 0.110. The Labute approximate surface area is 125 Å². The Morgan fingerprint density at radius 3 is 2.52 bits per heavy atom. The van der Waals surface area contributed by atoms with Crippen LogP contribution in [0.25, 0.3) is 0 Å². The van der Waals surface area contributed by atoms with Gasteiger partial charge in [-0.1, -0.05) is 30.3 Å². The van der Waals surface area contributed by atoms with Gasteiger partial charge in [-0.15, -0.1) is 0 Å². The van der Waals surface area contributed by atoms with Crippen molar-refractivity contribution in [1.29, 1.82) is 0 Å². The monoisotopic (exact) mass is 280 g/mol. The quantitative estimate of drug-likeness (QED) is 0.873. The molecule has 0 unspecified atom stereocenters. The highest BCUT2D eigenvalue weighted by atomic mass is 16.2. The minimum atomic E-state index is 0.110. The van der Waals surface area contributed by atoms with Gasteiger partial charge in [0, 0.05) is 23.8 Å². The topological polar surface area (TPSA) is 46.3 Å². The zero-order valence-corrected chi connectivity index (χ0v) is 12.3. The van der Waals surface area contributed by atoms with Gasteiger partial charge in [0.1, 0.15) is 0 Å². The molecule has 0 atom stereocenters. The number of nitrogens with zero attached hydrogens (tertiary/aromatic N) is 1. The van der Waals surface area contributed by atoms with E-state index in [1.807, 2.05) is 42.2 Å². The number of hydrogen-bond acceptors (Lipinski definition) is 2. The van der Waals surface area contributed by atoms with Gasteiger partial charge < -0.3 is 10.6 Å². The van der Waals surface area contributed by atoms with Crippen LogP contribution in [0.5, 0.6) is 0 Å². The van der Waals surface area contributed by atoms with Crippen molar-refractivity contribution in [3.05, 3.63) is 65.2 Å². The summed E-state index contributed by atoms with van der Waals surface area (Å²) in [4.78, 5) is 14.8. The molecule has 2 N–H and O–H groups in total. The summed E-state index contributed by atoms with van der Waals surface area (Å²) in [7, 11) is 0. The standard InChI is InChI=1S/C18H20N2O/c1-13-11-15(19)7-10-17(13)18(21)20(16-8-9-16)12-14-5-3-2-4-6-14/h2-7,10-11,16H,8-9,12,19H2,1H3. The predicted octanol–water partition coefficient (Wildman–Crippen LogP) is 3.38. The number of hydrogen-bond donors (Lipinski definition) is 1. The average Bonchev–Trinajstić information content (AvgIpc) is 3.30. The van der Waals surface area contributed by atoms with E-state index in [-0.39, 0.29) is 5.91 Å². The molecular weight excluding hydrogens is 260 g/mol. The summed E-state index contributed by atoms with van der Waals surface area (Å²) in [5.74, 6) is 0.110. The van der Waals surface area contributed by atoms with Crippen molar-refractivity contribution in [2.24, 2.45) is 0 Å². The highest BCUT2D eigenvalue weighted by molar-refractivity contribution is 5.96. The van der Waals surface area contributed by atoms with E-state index >= 15 is 0 Å². The maximum Gasteiger partial charge on any atom is 0.254 e. The van der Waals surface area contributed by atoms with Crippen LogP contribution in [-0.4, -0.2) is 16.8 Å². The molecule has 2 aromatic rings. The van der Waals surface area contributed by atoms with E-state index in [0.29, 0.717) is 18.3 Å². The lowest BCUT2D eigenvalue weighted by molar-refractivity contribution is 0.0729. The number of rotatable bonds is 4. The second-order valence-corrected chi connectivity index (χ2v) is 5.72. The van der Waals surface area contributed by atoms with Gasteiger partial charge in [0.2, 0.25) is 0 Å². The smallest absolute Gasteiger partial charge is 0.254 e. The largest absolute Gasteiger partial charge is 0.399 e. The number of carbonyl (C=O) groups excluding carboxylic acids is 1. The Balaban J connectivity index is 1.85. The summed E-state index contributed by atoms with van der Waals surface area (Å²) >= 11 is 0. The molecule has 1 fully saturated rings. The molecule has 3 nitrogen and oxygen atoms in total. The van der Waals surface area contributed by atoms with Crippen LogP contribution in [0.4, 0.5) is 5.69 Å². The number of carbonyl (C=O) groups is 1. The van der Waals surface area contributed by atoms with Crippen molar-refractivity contribution in [3.63, 3.8) is 0 Å². The second-order valence-electron chi connectivity index (χ2n) is 5.72. The van der Waals surface area contributed by atoms with Crippen LogP contribution < -0.4 is 5.73 Å². The van der Waals surface area contributed by atoms with Gasteiger partial charge in [0.25, 0.3) is 5.91 Å². The summed E-state index contributed by atoms with van der Waals surface area (Å²) in [6, 6.07) is 16.0. The number of nitrogen functional groups attached to an aromatic ring is 1. The van der Waals surface area contributed by atoms with E-state index < -0.39 is 0 Å². The third kappa shape index (κ3) is 3.07. The predicted molar refractivity (Wildman–Crippen MR) is 84.9 cm³/mol. The molecule has 0 radical (unpaired) electrons. The first kappa shape index (κ1) is 13.7. The van der Waals surface area contributed by atoms with Gasteiger partial charge in [0.05, 0.1) is 0 Å². The van der Waals surface area contributed by atoms with Crippen molar-refractivity contribution in [2.75, 3.05) is 5.73 Å². The fraction of sp³-hybridized carbons (Fsp3) is 0.278. The van der Waals surface area contributed by atoms with Gasteiger partial charge in [-0.25, -0.2) is 0 Å². The Morgan fingerprint density at radius 1 is 1.19 bits per heavy atom. The van der Waals surface area contributed by atoms with E-state index in [2.05, 4.69) is 12.1 Å². The minimum Gasteiger partial charge on any atom is -0.399 e. The van der Waals surface area contributed by atoms with Crippen molar-refractivity contribution >= 4 is 11.6 Å². The van der Waals surface area contributed by atoms with Gasteiger partial charge in [-0.2, -0.15) is 0 Å². The van der Waals surface area contributed by atoms with Crippen LogP contribution in [0.2, 0.25) is 0 Å². The summed E-state index contributed by atoms with van der Waals surface area (Å²) in [5, 5.41) is 0.